The maximum absolute atomic E-state index is 12.0. The molecule has 0 amide bonds. The predicted octanol–water partition coefficient (Wildman–Crippen LogP) is 1.76. The molecule has 1 fully saturated rings. The average Bonchev–Trinajstić information content (AvgIpc) is 2.54. The van der Waals surface area contributed by atoms with E-state index < -0.39 is 5.41 Å². The molecule has 1 aromatic heterocycles. The number of nitrogens with zero attached hydrogens (tertiary/aromatic N) is 4. The first kappa shape index (κ1) is 15.2. The van der Waals surface area contributed by atoms with Crippen LogP contribution in [0.5, 0.6) is 0 Å². The Kier molecular flexibility index (Phi) is 4.41. The molecule has 1 aliphatic rings. The number of piperidine rings is 1. The van der Waals surface area contributed by atoms with Crippen LogP contribution in [0.15, 0.2) is 12.4 Å². The van der Waals surface area contributed by atoms with E-state index in [4.69, 9.17) is 10.00 Å². The Balaban J connectivity index is 2.22. The Hall–Kier alpha value is -2.16. The molecule has 0 aromatic carbocycles. The summed E-state index contributed by atoms with van der Waals surface area (Å²) >= 11 is 0. The van der Waals surface area contributed by atoms with Crippen molar-refractivity contribution in [3.05, 3.63) is 18.1 Å². The van der Waals surface area contributed by atoms with Crippen LogP contribution in [-0.4, -0.2) is 36.1 Å². The lowest BCUT2D eigenvalue weighted by Gasteiger charge is -2.40. The summed E-state index contributed by atoms with van der Waals surface area (Å²) in [6.07, 6.45) is 5.01. The summed E-state index contributed by atoms with van der Waals surface area (Å²) in [6.45, 7) is 5.32. The van der Waals surface area contributed by atoms with Gasteiger partial charge in [-0.3, -0.25) is 4.79 Å². The van der Waals surface area contributed by atoms with Crippen molar-refractivity contribution in [3.8, 4) is 6.07 Å². The lowest BCUT2D eigenvalue weighted by molar-refractivity contribution is -0.154. The van der Waals surface area contributed by atoms with Crippen molar-refractivity contribution in [2.24, 2.45) is 11.3 Å². The molecule has 1 atom stereocenters. The molecule has 0 bridgehead atoms. The fourth-order valence-corrected chi connectivity index (χ4v) is 2.83. The second-order valence-electron chi connectivity index (χ2n) is 5.84. The molecule has 1 saturated heterocycles. The second kappa shape index (κ2) is 6.08. The van der Waals surface area contributed by atoms with Gasteiger partial charge >= 0.3 is 5.97 Å². The van der Waals surface area contributed by atoms with Gasteiger partial charge in [-0.05, 0) is 32.6 Å². The Morgan fingerprint density at radius 3 is 2.86 bits per heavy atom. The quantitative estimate of drug-likeness (QED) is 0.789. The van der Waals surface area contributed by atoms with E-state index in [0.29, 0.717) is 18.1 Å². The molecule has 2 rings (SSSR count). The minimum atomic E-state index is -0.553. The van der Waals surface area contributed by atoms with Gasteiger partial charge in [-0.15, -0.1) is 0 Å². The highest BCUT2D eigenvalue weighted by Gasteiger charge is 2.40. The van der Waals surface area contributed by atoms with Crippen molar-refractivity contribution in [1.82, 2.24) is 9.97 Å². The Bertz CT molecular complexity index is 565. The summed E-state index contributed by atoms with van der Waals surface area (Å²) in [6, 6.07) is 2.07. The molecule has 1 aliphatic heterocycles. The van der Waals surface area contributed by atoms with Gasteiger partial charge in [0.1, 0.15) is 6.07 Å². The standard InChI is InChI=1S/C15H20N4O2/c1-15(2,14(20)21-3)11-5-4-8-19(10-11)13-12(9-16)17-6-7-18-13/h6-7,11H,4-5,8,10H2,1-3H3. The van der Waals surface area contributed by atoms with E-state index >= 15 is 0 Å². The van der Waals surface area contributed by atoms with Crippen molar-refractivity contribution in [2.45, 2.75) is 26.7 Å². The third kappa shape index (κ3) is 2.97. The number of rotatable bonds is 3. The highest BCUT2D eigenvalue weighted by Crippen LogP contribution is 2.36. The fourth-order valence-electron chi connectivity index (χ4n) is 2.83. The Morgan fingerprint density at radius 1 is 1.48 bits per heavy atom. The average molecular weight is 288 g/mol. The van der Waals surface area contributed by atoms with Crippen molar-refractivity contribution >= 4 is 11.8 Å². The van der Waals surface area contributed by atoms with Gasteiger partial charge in [0.25, 0.3) is 0 Å². The SMILES string of the molecule is COC(=O)C(C)(C)C1CCCN(c2nccnc2C#N)C1. The molecule has 2 heterocycles. The van der Waals surface area contributed by atoms with E-state index in [0.717, 1.165) is 19.4 Å². The number of methoxy groups -OCH3 is 1. The summed E-state index contributed by atoms with van der Waals surface area (Å²) in [5.41, 5.74) is -0.225. The van der Waals surface area contributed by atoms with Crippen LogP contribution in [0.3, 0.4) is 0 Å². The van der Waals surface area contributed by atoms with Gasteiger partial charge < -0.3 is 9.64 Å². The van der Waals surface area contributed by atoms with Crippen molar-refractivity contribution in [1.29, 1.82) is 5.26 Å². The van der Waals surface area contributed by atoms with Crippen LogP contribution in [0.1, 0.15) is 32.4 Å². The molecule has 112 valence electrons. The van der Waals surface area contributed by atoms with Crippen LogP contribution in [0.25, 0.3) is 0 Å². The molecule has 0 spiro atoms. The number of carbonyl (C=O) groups excluding carboxylic acids is 1. The van der Waals surface area contributed by atoms with Gasteiger partial charge in [0, 0.05) is 25.5 Å². The number of hydrogen-bond donors (Lipinski definition) is 0. The van der Waals surface area contributed by atoms with Gasteiger partial charge in [-0.25, -0.2) is 9.97 Å². The van der Waals surface area contributed by atoms with E-state index in [2.05, 4.69) is 16.0 Å². The molecule has 6 heteroatoms. The monoisotopic (exact) mass is 288 g/mol. The lowest BCUT2D eigenvalue weighted by Crippen LogP contribution is -2.45. The van der Waals surface area contributed by atoms with E-state index in [9.17, 15) is 4.79 Å². The second-order valence-corrected chi connectivity index (χ2v) is 5.84. The smallest absolute Gasteiger partial charge is 0.311 e. The number of aromatic nitrogens is 2. The van der Waals surface area contributed by atoms with Crippen LogP contribution in [-0.2, 0) is 9.53 Å². The molecule has 0 aliphatic carbocycles. The van der Waals surface area contributed by atoms with E-state index in [1.54, 1.807) is 6.20 Å². The molecule has 0 N–H and O–H groups in total. The van der Waals surface area contributed by atoms with Gasteiger partial charge in [-0.1, -0.05) is 0 Å². The minimum Gasteiger partial charge on any atom is -0.469 e. The van der Waals surface area contributed by atoms with Gasteiger partial charge in [0.2, 0.25) is 0 Å². The Morgan fingerprint density at radius 2 is 2.19 bits per heavy atom. The highest BCUT2D eigenvalue weighted by molar-refractivity contribution is 5.76. The van der Waals surface area contributed by atoms with Gasteiger partial charge in [-0.2, -0.15) is 5.26 Å². The Labute approximate surface area is 124 Å². The molecule has 1 aromatic rings. The first-order valence-electron chi connectivity index (χ1n) is 7.05. The summed E-state index contributed by atoms with van der Waals surface area (Å²) in [4.78, 5) is 22.4. The first-order chi connectivity index (χ1) is 10.0. The zero-order chi connectivity index (χ0) is 15.5. The van der Waals surface area contributed by atoms with Crippen LogP contribution in [0, 0.1) is 22.7 Å². The maximum atomic E-state index is 12.0. The predicted molar refractivity (Wildman–Crippen MR) is 77.5 cm³/mol. The summed E-state index contributed by atoms with van der Waals surface area (Å²) in [5, 5.41) is 9.15. The molecular weight excluding hydrogens is 268 g/mol. The molecule has 6 nitrogen and oxygen atoms in total. The number of esters is 1. The van der Waals surface area contributed by atoms with E-state index in [1.807, 2.05) is 18.7 Å². The largest absolute Gasteiger partial charge is 0.469 e. The molecule has 0 saturated carbocycles. The number of anilines is 1. The number of ether oxygens (including phenoxy) is 1. The van der Waals surface area contributed by atoms with Crippen molar-refractivity contribution in [2.75, 3.05) is 25.1 Å². The third-order valence-corrected chi connectivity index (χ3v) is 4.24. The third-order valence-electron chi connectivity index (χ3n) is 4.24. The first-order valence-corrected chi connectivity index (χ1v) is 7.05. The summed E-state index contributed by atoms with van der Waals surface area (Å²) in [5.74, 6) is 0.562. The normalized spacial score (nSPS) is 19.0. The van der Waals surface area contributed by atoms with Crippen LogP contribution >= 0.6 is 0 Å². The number of hydrogen-bond acceptors (Lipinski definition) is 6. The zero-order valence-corrected chi connectivity index (χ0v) is 12.7. The molecule has 21 heavy (non-hydrogen) atoms. The summed E-state index contributed by atoms with van der Waals surface area (Å²) < 4.78 is 4.92. The molecule has 0 radical (unpaired) electrons. The summed E-state index contributed by atoms with van der Waals surface area (Å²) in [7, 11) is 1.42. The topological polar surface area (TPSA) is 79.1 Å². The molecular formula is C15H20N4O2. The van der Waals surface area contributed by atoms with Crippen molar-refractivity contribution < 1.29 is 9.53 Å². The van der Waals surface area contributed by atoms with Crippen molar-refractivity contribution in [3.63, 3.8) is 0 Å². The zero-order valence-electron chi connectivity index (χ0n) is 12.7. The van der Waals surface area contributed by atoms with Crippen LogP contribution < -0.4 is 4.90 Å². The minimum absolute atomic E-state index is 0.159. The van der Waals surface area contributed by atoms with Crippen LogP contribution in [0.2, 0.25) is 0 Å². The van der Waals surface area contributed by atoms with Crippen LogP contribution in [0.4, 0.5) is 5.82 Å². The number of carbonyl (C=O) groups is 1. The highest BCUT2D eigenvalue weighted by atomic mass is 16.5. The van der Waals surface area contributed by atoms with Gasteiger partial charge in [0.15, 0.2) is 11.5 Å². The lowest BCUT2D eigenvalue weighted by atomic mass is 9.74. The van der Waals surface area contributed by atoms with Gasteiger partial charge in [0.05, 0.1) is 12.5 Å². The molecule has 1 unspecified atom stereocenters. The van der Waals surface area contributed by atoms with E-state index in [-0.39, 0.29) is 11.9 Å². The maximum Gasteiger partial charge on any atom is 0.311 e. The fraction of sp³-hybridized carbons (Fsp3) is 0.600. The van der Waals surface area contributed by atoms with E-state index in [1.165, 1.54) is 13.3 Å². The number of nitriles is 1.